The Morgan fingerprint density at radius 1 is 1.42 bits per heavy atom. The standard InChI is InChI=1S/C13H12N4OS/c1-17-7-10(14)12(16-17)13(18)15-9-2-3-11-8(6-9)4-5-19-11/h2-7H,14H2,1H3,(H,15,18). The van der Waals surface area contributed by atoms with Gasteiger partial charge >= 0.3 is 0 Å². The van der Waals surface area contributed by atoms with Gasteiger partial charge in [0.15, 0.2) is 5.69 Å². The zero-order valence-corrected chi connectivity index (χ0v) is 11.1. The molecule has 0 fully saturated rings. The Kier molecular flexibility index (Phi) is 2.72. The molecule has 6 heteroatoms. The lowest BCUT2D eigenvalue weighted by atomic mass is 10.2. The molecule has 5 nitrogen and oxygen atoms in total. The average Bonchev–Trinajstić information content (AvgIpc) is 2.94. The first-order chi connectivity index (χ1) is 9.13. The van der Waals surface area contributed by atoms with E-state index < -0.39 is 0 Å². The van der Waals surface area contributed by atoms with E-state index in [9.17, 15) is 4.79 Å². The zero-order chi connectivity index (χ0) is 13.4. The molecule has 0 aliphatic rings. The first-order valence-corrected chi connectivity index (χ1v) is 6.59. The second-order valence-corrected chi connectivity index (χ2v) is 5.18. The van der Waals surface area contributed by atoms with E-state index in [2.05, 4.69) is 10.4 Å². The Balaban J connectivity index is 1.88. The summed E-state index contributed by atoms with van der Waals surface area (Å²) in [5, 5.41) is 9.97. The normalized spacial score (nSPS) is 10.8. The second-order valence-electron chi connectivity index (χ2n) is 4.23. The number of nitrogens with two attached hydrogens (primary N) is 1. The summed E-state index contributed by atoms with van der Waals surface area (Å²) in [5.41, 5.74) is 7.08. The third-order valence-corrected chi connectivity index (χ3v) is 3.68. The van der Waals surface area contributed by atoms with E-state index in [4.69, 9.17) is 5.73 Å². The van der Waals surface area contributed by atoms with Crippen LogP contribution in [-0.2, 0) is 7.05 Å². The molecule has 1 aromatic carbocycles. The Labute approximate surface area is 113 Å². The number of fused-ring (bicyclic) bond motifs is 1. The number of nitrogen functional groups attached to an aromatic ring is 1. The molecule has 3 rings (SSSR count). The number of thiophene rings is 1. The molecule has 1 amide bonds. The summed E-state index contributed by atoms with van der Waals surface area (Å²) in [7, 11) is 1.73. The lowest BCUT2D eigenvalue weighted by Crippen LogP contribution is -2.14. The van der Waals surface area contributed by atoms with Crippen molar-refractivity contribution < 1.29 is 4.79 Å². The van der Waals surface area contributed by atoms with Crippen molar-refractivity contribution in [1.82, 2.24) is 9.78 Å². The Morgan fingerprint density at radius 3 is 3.00 bits per heavy atom. The number of benzene rings is 1. The highest BCUT2D eigenvalue weighted by atomic mass is 32.1. The number of nitrogens with one attached hydrogen (secondary N) is 1. The minimum Gasteiger partial charge on any atom is -0.396 e. The van der Waals surface area contributed by atoms with Crippen LogP contribution in [0.3, 0.4) is 0 Å². The fraction of sp³-hybridized carbons (Fsp3) is 0.0769. The van der Waals surface area contributed by atoms with Gasteiger partial charge in [0.2, 0.25) is 0 Å². The Morgan fingerprint density at radius 2 is 2.26 bits per heavy atom. The van der Waals surface area contributed by atoms with Crippen LogP contribution in [0, 0.1) is 0 Å². The van der Waals surface area contributed by atoms with E-state index in [1.165, 1.54) is 9.38 Å². The van der Waals surface area contributed by atoms with Crippen LogP contribution < -0.4 is 11.1 Å². The summed E-state index contributed by atoms with van der Waals surface area (Å²) in [4.78, 5) is 12.1. The van der Waals surface area contributed by atoms with Crippen LogP contribution in [0.1, 0.15) is 10.5 Å². The third kappa shape index (κ3) is 2.17. The quantitative estimate of drug-likeness (QED) is 0.752. The molecule has 96 valence electrons. The van der Waals surface area contributed by atoms with E-state index in [0.717, 1.165) is 11.1 Å². The molecule has 0 aliphatic heterocycles. The zero-order valence-electron chi connectivity index (χ0n) is 10.3. The fourth-order valence-corrected chi connectivity index (χ4v) is 2.69. The number of aryl methyl sites for hydroxylation is 1. The molecule has 0 unspecified atom stereocenters. The summed E-state index contributed by atoms with van der Waals surface area (Å²) in [6.45, 7) is 0. The number of carbonyl (C=O) groups is 1. The molecule has 3 N–H and O–H groups in total. The van der Waals surface area contributed by atoms with Crippen molar-refractivity contribution in [2.75, 3.05) is 11.1 Å². The number of nitrogens with zero attached hydrogens (tertiary/aromatic N) is 2. The van der Waals surface area contributed by atoms with E-state index in [-0.39, 0.29) is 11.6 Å². The fourth-order valence-electron chi connectivity index (χ4n) is 1.92. The number of rotatable bonds is 2. The highest BCUT2D eigenvalue weighted by Gasteiger charge is 2.14. The molecule has 2 aromatic heterocycles. The van der Waals surface area contributed by atoms with E-state index in [1.807, 2.05) is 29.6 Å². The summed E-state index contributed by atoms with van der Waals surface area (Å²) in [6, 6.07) is 7.81. The van der Waals surface area contributed by atoms with Crippen molar-refractivity contribution in [2.45, 2.75) is 0 Å². The van der Waals surface area contributed by atoms with Gasteiger partial charge in [-0.3, -0.25) is 9.48 Å². The van der Waals surface area contributed by atoms with E-state index >= 15 is 0 Å². The van der Waals surface area contributed by atoms with Gasteiger partial charge in [-0.25, -0.2) is 0 Å². The third-order valence-electron chi connectivity index (χ3n) is 2.78. The number of carbonyl (C=O) groups excluding carboxylic acids is 1. The van der Waals surface area contributed by atoms with Crippen molar-refractivity contribution in [3.05, 3.63) is 41.5 Å². The van der Waals surface area contributed by atoms with Crippen molar-refractivity contribution in [2.24, 2.45) is 7.05 Å². The highest BCUT2D eigenvalue weighted by molar-refractivity contribution is 7.17. The lowest BCUT2D eigenvalue weighted by molar-refractivity contribution is 0.102. The molecule has 0 spiro atoms. The molecule has 19 heavy (non-hydrogen) atoms. The second kappa shape index (κ2) is 4.40. The monoisotopic (exact) mass is 272 g/mol. The summed E-state index contributed by atoms with van der Waals surface area (Å²) in [5.74, 6) is -0.298. The minimum absolute atomic E-state index is 0.243. The van der Waals surface area contributed by atoms with Gasteiger partial charge in [0.05, 0.1) is 5.69 Å². The van der Waals surface area contributed by atoms with Gasteiger partial charge in [0.25, 0.3) is 5.91 Å². The van der Waals surface area contributed by atoms with Gasteiger partial charge in [0.1, 0.15) is 0 Å². The van der Waals surface area contributed by atoms with Gasteiger partial charge in [-0.15, -0.1) is 11.3 Å². The molecule has 3 aromatic rings. The van der Waals surface area contributed by atoms with Gasteiger partial charge in [-0.05, 0) is 35.0 Å². The van der Waals surface area contributed by atoms with Gasteiger partial charge < -0.3 is 11.1 Å². The van der Waals surface area contributed by atoms with Crippen molar-refractivity contribution in [3.8, 4) is 0 Å². The predicted molar refractivity (Wildman–Crippen MR) is 77.4 cm³/mol. The molecular formula is C13H12N4OS. The van der Waals surface area contributed by atoms with E-state index in [1.54, 1.807) is 24.6 Å². The lowest BCUT2D eigenvalue weighted by Gasteiger charge is -2.03. The van der Waals surface area contributed by atoms with Crippen LogP contribution >= 0.6 is 11.3 Å². The van der Waals surface area contributed by atoms with Gasteiger partial charge in [-0.1, -0.05) is 0 Å². The Hall–Kier alpha value is -2.34. The van der Waals surface area contributed by atoms with Crippen LogP contribution in [0.4, 0.5) is 11.4 Å². The number of aromatic nitrogens is 2. The average molecular weight is 272 g/mol. The van der Waals surface area contributed by atoms with Crippen LogP contribution in [0.25, 0.3) is 10.1 Å². The first kappa shape index (κ1) is 11.7. The summed E-state index contributed by atoms with van der Waals surface area (Å²) in [6.07, 6.45) is 1.61. The molecule has 0 saturated carbocycles. The maximum absolute atomic E-state index is 12.1. The molecule has 0 bridgehead atoms. The number of hydrogen-bond donors (Lipinski definition) is 2. The van der Waals surface area contributed by atoms with Gasteiger partial charge in [0, 0.05) is 23.6 Å². The minimum atomic E-state index is -0.298. The van der Waals surface area contributed by atoms with Crippen molar-refractivity contribution in [1.29, 1.82) is 0 Å². The molecule has 2 heterocycles. The predicted octanol–water partition coefficient (Wildman–Crippen LogP) is 2.47. The smallest absolute Gasteiger partial charge is 0.278 e. The number of hydrogen-bond acceptors (Lipinski definition) is 4. The van der Waals surface area contributed by atoms with Gasteiger partial charge in [-0.2, -0.15) is 5.10 Å². The van der Waals surface area contributed by atoms with Crippen LogP contribution in [0.2, 0.25) is 0 Å². The number of amides is 1. The summed E-state index contributed by atoms with van der Waals surface area (Å²) >= 11 is 1.67. The van der Waals surface area contributed by atoms with Crippen LogP contribution in [0.15, 0.2) is 35.8 Å². The molecule has 0 radical (unpaired) electrons. The maximum Gasteiger partial charge on any atom is 0.278 e. The van der Waals surface area contributed by atoms with E-state index in [0.29, 0.717) is 5.69 Å². The SMILES string of the molecule is Cn1cc(N)c(C(=O)Nc2ccc3sccc3c2)n1. The number of anilines is 2. The van der Waals surface area contributed by atoms with Crippen LogP contribution in [0.5, 0.6) is 0 Å². The molecule has 0 saturated heterocycles. The maximum atomic E-state index is 12.1. The van der Waals surface area contributed by atoms with Crippen molar-refractivity contribution in [3.63, 3.8) is 0 Å². The first-order valence-electron chi connectivity index (χ1n) is 5.71. The topological polar surface area (TPSA) is 72.9 Å². The van der Waals surface area contributed by atoms with Crippen molar-refractivity contribution >= 4 is 38.7 Å². The van der Waals surface area contributed by atoms with Crippen LogP contribution in [-0.4, -0.2) is 15.7 Å². The summed E-state index contributed by atoms with van der Waals surface area (Å²) < 4.78 is 2.71. The Bertz CT molecular complexity index is 759. The highest BCUT2D eigenvalue weighted by Crippen LogP contribution is 2.24. The molecule has 0 atom stereocenters. The largest absolute Gasteiger partial charge is 0.396 e. The molecular weight excluding hydrogens is 260 g/mol. The molecule has 0 aliphatic carbocycles.